The normalized spacial score (nSPS) is 26.4. The van der Waals surface area contributed by atoms with Gasteiger partial charge in [0.2, 0.25) is 0 Å². The smallest absolute Gasteiger partial charge is 0.466 e. The van der Waals surface area contributed by atoms with E-state index in [1.807, 2.05) is 0 Å². The molecular weight excluding hydrogens is 484 g/mol. The van der Waals surface area contributed by atoms with Crippen molar-refractivity contribution in [1.29, 1.82) is 0 Å². The lowest BCUT2D eigenvalue weighted by molar-refractivity contribution is -0.205. The second-order valence-corrected chi connectivity index (χ2v) is 9.17. The van der Waals surface area contributed by atoms with Gasteiger partial charge in [-0.25, -0.2) is 4.28 Å². The van der Waals surface area contributed by atoms with Crippen LogP contribution in [0.4, 0.5) is 0 Å². The molecule has 0 bridgehead atoms. The summed E-state index contributed by atoms with van der Waals surface area (Å²) >= 11 is 0.677. The number of aliphatic hydroxyl groups excluding tert-OH is 4. The molecule has 184 valence electrons. The van der Waals surface area contributed by atoms with Crippen molar-refractivity contribution in [3.05, 3.63) is 30.0 Å². The Kier molecular flexibility index (Phi) is 8.07. The molecule has 0 amide bonds. The van der Waals surface area contributed by atoms with Crippen molar-refractivity contribution in [3.63, 3.8) is 0 Å². The number of ether oxygens (including phenoxy) is 2. The van der Waals surface area contributed by atoms with Crippen LogP contribution in [-0.4, -0.2) is 93.8 Å². The molecule has 5 unspecified atom stereocenters. The molecule has 0 spiro atoms. The molecule has 1 saturated heterocycles. The lowest BCUT2D eigenvalue weighted by Gasteiger charge is -2.39. The highest BCUT2D eigenvalue weighted by Gasteiger charge is 2.44. The summed E-state index contributed by atoms with van der Waals surface area (Å²) in [5.74, 6) is 0.492. The Morgan fingerprint density at radius 3 is 2.55 bits per heavy atom. The molecule has 1 aliphatic rings. The van der Waals surface area contributed by atoms with Crippen LogP contribution in [0.3, 0.4) is 0 Å². The minimum absolute atomic E-state index is 0.0852. The molecule has 2 heterocycles. The highest BCUT2D eigenvalue weighted by molar-refractivity contribution is 8.14. The van der Waals surface area contributed by atoms with Gasteiger partial charge in [0, 0.05) is 18.0 Å². The van der Waals surface area contributed by atoms with Gasteiger partial charge < -0.3 is 34.7 Å². The Morgan fingerprint density at radius 2 is 1.94 bits per heavy atom. The highest BCUT2D eigenvalue weighted by atomic mass is 32.3. The molecule has 1 aliphatic heterocycles. The molecule has 3 rings (SSSR count). The molecular formula is C18H24N2O11S2. The fourth-order valence-electron chi connectivity index (χ4n) is 3.40. The van der Waals surface area contributed by atoms with Crippen molar-refractivity contribution in [2.24, 2.45) is 5.16 Å². The van der Waals surface area contributed by atoms with Gasteiger partial charge in [-0.15, -0.1) is 0 Å². The van der Waals surface area contributed by atoms with E-state index < -0.39 is 46.9 Å². The van der Waals surface area contributed by atoms with Crippen LogP contribution in [0.25, 0.3) is 10.9 Å². The summed E-state index contributed by atoms with van der Waals surface area (Å²) in [4.78, 5) is 5.32. The van der Waals surface area contributed by atoms with E-state index >= 15 is 0 Å². The second-order valence-electron chi connectivity index (χ2n) is 7.00. The van der Waals surface area contributed by atoms with Gasteiger partial charge in [0.15, 0.2) is 0 Å². The maximum Gasteiger partial charge on any atom is 0.466 e. The molecule has 1 aromatic carbocycles. The van der Waals surface area contributed by atoms with Crippen molar-refractivity contribution in [2.45, 2.75) is 36.3 Å². The Labute approximate surface area is 193 Å². The SMILES string of the molecule is COc1cccc2c1c(CC(=NOS(=O)(=O)O)SC1OC(CO)C(O)C(O)C1O)cn2OC. The standard InChI is InChI=1S/C18H24N2O11S2/c1-28-11-5-3-4-10-14(11)9(7-20(10)29-2)6-13(19-31-33(25,26)27)32-18-17(24)16(23)15(22)12(8-21)30-18/h3-5,7,12,15-18,21-24H,6,8H2,1-2H3,(H,25,26,27). The number of hydrogen-bond donors (Lipinski definition) is 5. The number of hydrogen-bond acceptors (Lipinski definition) is 12. The summed E-state index contributed by atoms with van der Waals surface area (Å²) in [7, 11) is -2.02. The highest BCUT2D eigenvalue weighted by Crippen LogP contribution is 2.34. The average Bonchev–Trinajstić information content (AvgIpc) is 3.14. The molecule has 1 fully saturated rings. The molecule has 0 aliphatic carbocycles. The van der Waals surface area contributed by atoms with E-state index in [1.54, 1.807) is 24.4 Å². The summed E-state index contributed by atoms with van der Waals surface area (Å²) in [6.45, 7) is -0.644. The Balaban J connectivity index is 1.98. The number of fused-ring (bicyclic) bond motifs is 1. The van der Waals surface area contributed by atoms with Gasteiger partial charge in [0.1, 0.15) is 47.8 Å². The van der Waals surface area contributed by atoms with Crippen LogP contribution < -0.4 is 9.57 Å². The molecule has 5 atom stereocenters. The van der Waals surface area contributed by atoms with E-state index in [-0.39, 0.29) is 11.5 Å². The minimum Gasteiger partial charge on any atom is -0.496 e. The van der Waals surface area contributed by atoms with Crippen LogP contribution in [-0.2, 0) is 25.8 Å². The summed E-state index contributed by atoms with van der Waals surface area (Å²) < 4.78 is 47.6. The summed E-state index contributed by atoms with van der Waals surface area (Å²) in [6.07, 6.45) is -4.50. The zero-order valence-electron chi connectivity index (χ0n) is 17.5. The fourth-order valence-corrected chi connectivity index (χ4v) is 4.72. The maximum atomic E-state index is 11.1. The van der Waals surface area contributed by atoms with Gasteiger partial charge >= 0.3 is 10.4 Å². The quantitative estimate of drug-likeness (QED) is 0.126. The van der Waals surface area contributed by atoms with Crippen molar-refractivity contribution in [1.82, 2.24) is 4.73 Å². The number of rotatable bonds is 8. The zero-order valence-corrected chi connectivity index (χ0v) is 19.1. The monoisotopic (exact) mass is 508 g/mol. The third-order valence-corrected chi connectivity index (χ3v) is 6.30. The van der Waals surface area contributed by atoms with E-state index in [1.165, 1.54) is 19.0 Å². The number of aliphatic hydroxyl groups is 4. The zero-order chi connectivity index (χ0) is 24.3. The lowest BCUT2D eigenvalue weighted by Crippen LogP contribution is -2.57. The molecule has 2 aromatic rings. The molecule has 15 heteroatoms. The lowest BCUT2D eigenvalue weighted by atomic mass is 10.0. The van der Waals surface area contributed by atoms with E-state index in [0.717, 1.165) is 0 Å². The van der Waals surface area contributed by atoms with Crippen LogP contribution in [0.1, 0.15) is 5.56 Å². The van der Waals surface area contributed by atoms with Gasteiger partial charge in [-0.1, -0.05) is 23.0 Å². The van der Waals surface area contributed by atoms with E-state index in [2.05, 4.69) is 9.44 Å². The van der Waals surface area contributed by atoms with E-state index in [4.69, 9.17) is 18.9 Å². The first-order chi connectivity index (χ1) is 15.6. The summed E-state index contributed by atoms with van der Waals surface area (Å²) in [5, 5.41) is 43.7. The Hall–Kier alpha value is -2.11. The van der Waals surface area contributed by atoms with Crippen LogP contribution in [0.15, 0.2) is 29.6 Å². The number of benzene rings is 1. The maximum absolute atomic E-state index is 11.1. The summed E-state index contributed by atoms with van der Waals surface area (Å²) in [6, 6.07) is 5.22. The van der Waals surface area contributed by atoms with Crippen molar-refractivity contribution in [3.8, 4) is 5.75 Å². The molecule has 13 nitrogen and oxygen atoms in total. The van der Waals surface area contributed by atoms with Crippen LogP contribution in [0.5, 0.6) is 5.75 Å². The van der Waals surface area contributed by atoms with Crippen molar-refractivity contribution >= 4 is 38.1 Å². The van der Waals surface area contributed by atoms with E-state index in [9.17, 15) is 28.8 Å². The molecule has 0 saturated carbocycles. The van der Waals surface area contributed by atoms with Gasteiger partial charge in [-0.3, -0.25) is 4.55 Å². The topological polar surface area (TPSA) is 190 Å². The molecule has 0 radical (unpaired) electrons. The van der Waals surface area contributed by atoms with Gasteiger partial charge in [-0.05, 0) is 17.7 Å². The first kappa shape index (κ1) is 25.5. The molecule has 5 N–H and O–H groups in total. The predicted octanol–water partition coefficient (Wildman–Crippen LogP) is -1.08. The van der Waals surface area contributed by atoms with Gasteiger partial charge in [0.25, 0.3) is 0 Å². The van der Waals surface area contributed by atoms with Gasteiger partial charge in [-0.2, -0.15) is 13.1 Å². The number of nitrogens with zero attached hydrogens (tertiary/aromatic N) is 2. The minimum atomic E-state index is -4.94. The Morgan fingerprint density at radius 1 is 1.21 bits per heavy atom. The second kappa shape index (κ2) is 10.4. The van der Waals surface area contributed by atoms with Crippen molar-refractivity contribution < 1.29 is 52.0 Å². The van der Waals surface area contributed by atoms with Crippen LogP contribution >= 0.6 is 11.8 Å². The van der Waals surface area contributed by atoms with E-state index in [0.29, 0.717) is 34.0 Å². The largest absolute Gasteiger partial charge is 0.496 e. The van der Waals surface area contributed by atoms with Crippen LogP contribution in [0, 0.1) is 0 Å². The number of oxime groups is 1. The predicted molar refractivity (Wildman–Crippen MR) is 116 cm³/mol. The third kappa shape index (κ3) is 5.70. The van der Waals surface area contributed by atoms with Crippen molar-refractivity contribution in [2.75, 3.05) is 20.8 Å². The summed E-state index contributed by atoms with van der Waals surface area (Å²) in [5.41, 5.74) is -0.0687. The fraction of sp³-hybridized carbons (Fsp3) is 0.500. The van der Waals surface area contributed by atoms with Gasteiger partial charge in [0.05, 0.1) is 19.2 Å². The average molecular weight is 509 g/mol. The molecule has 33 heavy (non-hydrogen) atoms. The van der Waals surface area contributed by atoms with Crippen LogP contribution in [0.2, 0.25) is 0 Å². The third-order valence-electron chi connectivity index (χ3n) is 4.93. The Bertz CT molecular complexity index is 1100. The molecule has 1 aromatic heterocycles. The number of aromatic nitrogens is 1. The first-order valence-corrected chi connectivity index (χ1v) is 11.8. The number of thioether (sulfide) groups is 1. The number of methoxy groups -OCH3 is 1. The first-order valence-electron chi connectivity index (χ1n) is 9.51.